The van der Waals surface area contributed by atoms with Crippen LogP contribution >= 0.6 is 0 Å². The quantitative estimate of drug-likeness (QED) is 0.293. The van der Waals surface area contributed by atoms with Crippen LogP contribution in [0.25, 0.3) is 22.4 Å². The number of aromatic nitrogens is 8. The van der Waals surface area contributed by atoms with E-state index in [4.69, 9.17) is 10.1 Å². The minimum atomic E-state index is -3.06. The number of nitrogens with zero attached hydrogens (tertiary/aromatic N) is 8. The summed E-state index contributed by atoms with van der Waals surface area (Å²) in [5.74, 6) is 1.17. The second kappa shape index (κ2) is 10.3. The maximum Gasteiger partial charge on any atom is 0.228 e. The van der Waals surface area contributed by atoms with Gasteiger partial charge >= 0.3 is 0 Å². The Labute approximate surface area is 232 Å². The molecule has 0 atom stereocenters. The molecule has 0 spiro atoms. The zero-order valence-electron chi connectivity index (χ0n) is 22.7. The number of hydrogen-bond donors (Lipinski definition) is 1. The van der Waals surface area contributed by atoms with Crippen molar-refractivity contribution in [2.45, 2.75) is 32.7 Å². The van der Waals surface area contributed by atoms with Gasteiger partial charge in [-0.1, -0.05) is 31.2 Å². The lowest BCUT2D eigenvalue weighted by Crippen LogP contribution is -2.15. The normalized spacial score (nSPS) is 12.8. The van der Waals surface area contributed by atoms with Crippen molar-refractivity contribution in [3.8, 4) is 22.4 Å². The summed E-state index contributed by atoms with van der Waals surface area (Å²) in [6.45, 7) is 1.95. The molecule has 0 unspecified atom stereocenters. The van der Waals surface area contributed by atoms with E-state index >= 15 is 0 Å². The fourth-order valence-corrected chi connectivity index (χ4v) is 5.81. The highest BCUT2D eigenvalue weighted by atomic mass is 32.2. The highest BCUT2D eigenvalue weighted by Crippen LogP contribution is 2.36. The fourth-order valence-electron chi connectivity index (χ4n) is 5.06. The molecule has 206 valence electrons. The molecular formula is C28H31N9O2S. The van der Waals surface area contributed by atoms with Crippen molar-refractivity contribution in [2.75, 3.05) is 16.8 Å². The molecule has 0 amide bonds. The fraction of sp³-hybridized carbons (Fsp3) is 0.321. The Hall–Kier alpha value is -4.32. The van der Waals surface area contributed by atoms with Crippen LogP contribution in [-0.2, 0) is 49.7 Å². The Morgan fingerprint density at radius 2 is 1.93 bits per heavy atom. The van der Waals surface area contributed by atoms with E-state index in [0.29, 0.717) is 24.7 Å². The second-order valence-corrected chi connectivity index (χ2v) is 12.5. The monoisotopic (exact) mass is 557 g/mol. The molecule has 0 fully saturated rings. The summed E-state index contributed by atoms with van der Waals surface area (Å²) in [5.41, 5.74) is 8.58. The van der Waals surface area contributed by atoms with Gasteiger partial charge in [-0.3, -0.25) is 14.0 Å². The van der Waals surface area contributed by atoms with Gasteiger partial charge in [0, 0.05) is 62.1 Å². The number of aryl methyl sites for hydroxylation is 5. The highest BCUT2D eigenvalue weighted by Gasteiger charge is 2.26. The molecule has 0 saturated heterocycles. The molecule has 1 aliphatic rings. The predicted octanol–water partition coefficient (Wildman–Crippen LogP) is 3.34. The third-order valence-electron chi connectivity index (χ3n) is 7.26. The maximum atomic E-state index is 11.8. The van der Waals surface area contributed by atoms with E-state index in [1.807, 2.05) is 42.0 Å². The van der Waals surface area contributed by atoms with Crippen molar-refractivity contribution in [2.24, 2.45) is 14.1 Å². The molecule has 1 aromatic carbocycles. The van der Waals surface area contributed by atoms with E-state index in [1.54, 1.807) is 23.9 Å². The van der Waals surface area contributed by atoms with Crippen LogP contribution in [0, 0.1) is 0 Å². The van der Waals surface area contributed by atoms with Gasteiger partial charge in [0.1, 0.15) is 0 Å². The molecule has 40 heavy (non-hydrogen) atoms. The van der Waals surface area contributed by atoms with Crippen molar-refractivity contribution in [3.63, 3.8) is 0 Å². The Balaban J connectivity index is 1.27. The van der Waals surface area contributed by atoms with Crippen molar-refractivity contribution in [1.82, 2.24) is 39.3 Å². The summed E-state index contributed by atoms with van der Waals surface area (Å²) in [4.78, 5) is 9.44. The number of nitrogens with one attached hydrogen (secondary N) is 1. The molecule has 0 aliphatic heterocycles. The molecule has 1 N–H and O–H groups in total. The second-order valence-electron chi connectivity index (χ2n) is 10.1. The minimum absolute atomic E-state index is 0.0532. The third kappa shape index (κ3) is 5.26. The molecule has 0 bridgehead atoms. The van der Waals surface area contributed by atoms with Gasteiger partial charge in [0.05, 0.1) is 35.6 Å². The van der Waals surface area contributed by atoms with Crippen molar-refractivity contribution in [1.29, 1.82) is 0 Å². The van der Waals surface area contributed by atoms with Gasteiger partial charge in [-0.05, 0) is 29.5 Å². The van der Waals surface area contributed by atoms with Crippen LogP contribution in [0.4, 0.5) is 11.8 Å². The van der Waals surface area contributed by atoms with Crippen LogP contribution in [0.5, 0.6) is 0 Å². The smallest absolute Gasteiger partial charge is 0.228 e. The largest absolute Gasteiger partial charge is 0.307 e. The summed E-state index contributed by atoms with van der Waals surface area (Å²) in [6.07, 6.45) is 9.90. The number of sulfone groups is 1. The first-order valence-corrected chi connectivity index (χ1v) is 15.1. The van der Waals surface area contributed by atoms with Crippen LogP contribution in [0.3, 0.4) is 0 Å². The molecule has 6 rings (SSSR count). The average Bonchev–Trinajstić information content (AvgIpc) is 3.67. The number of benzene rings is 1. The zero-order valence-corrected chi connectivity index (χ0v) is 23.6. The van der Waals surface area contributed by atoms with E-state index in [2.05, 4.69) is 44.8 Å². The summed E-state index contributed by atoms with van der Waals surface area (Å²) < 4.78 is 29.1. The topological polar surface area (TPSA) is 125 Å². The predicted molar refractivity (Wildman–Crippen MR) is 153 cm³/mol. The zero-order chi connectivity index (χ0) is 27.9. The van der Waals surface area contributed by atoms with Crippen molar-refractivity contribution < 1.29 is 8.42 Å². The number of fused-ring (bicyclic) bond motifs is 3. The van der Waals surface area contributed by atoms with Gasteiger partial charge in [0.15, 0.2) is 15.7 Å². The molecule has 0 radical (unpaired) electrons. The molecule has 4 aromatic heterocycles. The van der Waals surface area contributed by atoms with Crippen LogP contribution in [0.1, 0.15) is 29.4 Å². The first-order chi connectivity index (χ1) is 19.3. The van der Waals surface area contributed by atoms with Crippen LogP contribution in [0.2, 0.25) is 0 Å². The first kappa shape index (κ1) is 25.9. The molecule has 12 heteroatoms. The average molecular weight is 558 g/mol. The SMILES string of the molecule is CCS(=O)(=O)CCn1ccc(Nc2ncc3c(n2)-c2c(nn(C)c2Cc2cccc(-c4cnn(C)c4)c2)CC3)n1. The molecule has 0 saturated carbocycles. The lowest BCUT2D eigenvalue weighted by molar-refractivity contribution is 0.582. The van der Waals surface area contributed by atoms with E-state index < -0.39 is 9.84 Å². The van der Waals surface area contributed by atoms with Gasteiger partial charge in [-0.25, -0.2) is 18.4 Å². The standard InChI is InChI=1S/C28H31N9O2S/c1-4-40(38,39)13-12-37-11-10-25(34-37)31-28-29-16-21-8-9-23-26(27(21)32-28)24(36(3)33-23)15-19-6-5-7-20(14-19)22-17-30-35(2)18-22/h5-7,10-11,14,16-18H,4,8-9,12-13,15H2,1-3H3,(H,29,31,32,34). The Bertz CT molecular complexity index is 1800. The van der Waals surface area contributed by atoms with Crippen LogP contribution < -0.4 is 5.32 Å². The highest BCUT2D eigenvalue weighted by molar-refractivity contribution is 7.91. The van der Waals surface area contributed by atoms with E-state index in [1.165, 1.54) is 5.56 Å². The molecule has 1 aliphatic carbocycles. The summed E-state index contributed by atoms with van der Waals surface area (Å²) >= 11 is 0. The number of hydrogen-bond acceptors (Lipinski definition) is 8. The van der Waals surface area contributed by atoms with Gasteiger partial charge in [0.2, 0.25) is 5.95 Å². The minimum Gasteiger partial charge on any atom is -0.307 e. The van der Waals surface area contributed by atoms with Crippen LogP contribution in [0.15, 0.2) is 55.1 Å². The Kier molecular flexibility index (Phi) is 6.70. The van der Waals surface area contributed by atoms with Gasteiger partial charge in [0.25, 0.3) is 0 Å². The third-order valence-corrected chi connectivity index (χ3v) is 8.94. The number of anilines is 2. The molecule has 4 heterocycles. The van der Waals surface area contributed by atoms with E-state index in [0.717, 1.165) is 52.2 Å². The summed E-state index contributed by atoms with van der Waals surface area (Å²) in [6, 6.07) is 10.3. The van der Waals surface area contributed by atoms with E-state index in [9.17, 15) is 8.42 Å². The van der Waals surface area contributed by atoms with Crippen LogP contribution in [-0.4, -0.2) is 59.2 Å². The maximum absolute atomic E-state index is 11.8. The molecule has 5 aromatic rings. The van der Waals surface area contributed by atoms with Gasteiger partial charge < -0.3 is 5.32 Å². The first-order valence-electron chi connectivity index (χ1n) is 13.3. The number of rotatable bonds is 9. The van der Waals surface area contributed by atoms with E-state index in [-0.39, 0.29) is 11.5 Å². The molecular weight excluding hydrogens is 526 g/mol. The lowest BCUT2D eigenvalue weighted by Gasteiger charge is -2.17. The lowest BCUT2D eigenvalue weighted by atomic mass is 9.91. The Morgan fingerprint density at radius 1 is 1.05 bits per heavy atom. The van der Waals surface area contributed by atoms with Crippen molar-refractivity contribution >= 4 is 21.6 Å². The van der Waals surface area contributed by atoms with Gasteiger partial charge in [-0.15, -0.1) is 0 Å². The summed E-state index contributed by atoms with van der Waals surface area (Å²) in [5, 5.41) is 16.8. The Morgan fingerprint density at radius 3 is 2.73 bits per heavy atom. The summed E-state index contributed by atoms with van der Waals surface area (Å²) in [7, 11) is 0.846. The molecule has 11 nitrogen and oxygen atoms in total. The van der Waals surface area contributed by atoms with Gasteiger partial charge in [-0.2, -0.15) is 15.3 Å². The van der Waals surface area contributed by atoms with Crippen molar-refractivity contribution in [3.05, 3.63) is 77.6 Å².